The highest BCUT2D eigenvalue weighted by Gasteiger charge is 2.38. The number of aliphatic hydroxyl groups excluding tert-OH is 1. The summed E-state index contributed by atoms with van der Waals surface area (Å²) in [5.41, 5.74) is 2.47. The van der Waals surface area contributed by atoms with Crippen molar-refractivity contribution < 1.29 is 24.1 Å². The number of fused-ring (bicyclic) bond motifs is 1. The number of carbonyl (C=O) groups excluding carboxylic acids is 1. The summed E-state index contributed by atoms with van der Waals surface area (Å²) in [4.78, 5) is 14.1. The third kappa shape index (κ3) is 4.79. The normalized spacial score (nSPS) is 30.2. The van der Waals surface area contributed by atoms with Gasteiger partial charge in [0, 0.05) is 19.7 Å². The summed E-state index contributed by atoms with van der Waals surface area (Å²) in [7, 11) is 3.44. The molecule has 2 N–H and O–H groups in total. The van der Waals surface area contributed by atoms with Crippen LogP contribution in [0.2, 0.25) is 0 Å². The molecule has 0 spiro atoms. The van der Waals surface area contributed by atoms with Crippen LogP contribution in [0.3, 0.4) is 0 Å². The van der Waals surface area contributed by atoms with Gasteiger partial charge in [-0.25, -0.2) is 4.79 Å². The fourth-order valence-corrected chi connectivity index (χ4v) is 4.00. The van der Waals surface area contributed by atoms with Crippen molar-refractivity contribution in [2.75, 3.05) is 27.3 Å². The predicted molar refractivity (Wildman–Crippen MR) is 100 cm³/mol. The van der Waals surface area contributed by atoms with Crippen molar-refractivity contribution in [3.05, 3.63) is 35.4 Å². The maximum absolute atomic E-state index is 12.1. The maximum atomic E-state index is 12.1. The molecule has 0 saturated carbocycles. The number of amides is 1. The molecule has 1 saturated heterocycles. The van der Waals surface area contributed by atoms with Crippen molar-refractivity contribution >= 4 is 6.09 Å². The SMILES string of the molecule is CO[C@@H]1O[C@H](C)C[C@H](N(C)CCOC(=O)N[C@@H]2CCc3ccccc32)[C@H]1O. The molecule has 3 rings (SSSR count). The van der Waals surface area contributed by atoms with Gasteiger partial charge in [0.2, 0.25) is 0 Å². The fraction of sp³-hybridized carbons (Fsp3) is 0.650. The molecule has 5 atom stereocenters. The predicted octanol–water partition coefficient (Wildman–Crippen LogP) is 1.84. The zero-order valence-electron chi connectivity index (χ0n) is 16.3. The molecule has 1 fully saturated rings. The molecule has 0 radical (unpaired) electrons. The van der Waals surface area contributed by atoms with Gasteiger partial charge >= 0.3 is 6.09 Å². The van der Waals surface area contributed by atoms with Gasteiger partial charge in [-0.2, -0.15) is 0 Å². The Hall–Kier alpha value is -1.67. The average Bonchev–Trinajstić information content (AvgIpc) is 3.06. The number of carbonyl (C=O) groups is 1. The molecule has 1 aromatic rings. The van der Waals surface area contributed by atoms with Gasteiger partial charge in [0.15, 0.2) is 6.29 Å². The van der Waals surface area contributed by atoms with Gasteiger partial charge in [-0.05, 0) is 44.4 Å². The van der Waals surface area contributed by atoms with E-state index in [2.05, 4.69) is 17.4 Å². The number of likely N-dealkylation sites (N-methyl/N-ethyl adjacent to an activating group) is 1. The second-order valence-corrected chi connectivity index (χ2v) is 7.40. The molecular weight excluding hydrogens is 348 g/mol. The molecule has 0 bridgehead atoms. The number of hydrogen-bond acceptors (Lipinski definition) is 6. The smallest absolute Gasteiger partial charge is 0.407 e. The Morgan fingerprint density at radius 2 is 2.19 bits per heavy atom. The number of nitrogens with zero attached hydrogens (tertiary/aromatic N) is 1. The maximum Gasteiger partial charge on any atom is 0.407 e. The molecule has 150 valence electrons. The molecule has 1 heterocycles. The number of benzene rings is 1. The van der Waals surface area contributed by atoms with E-state index in [1.165, 1.54) is 18.2 Å². The lowest BCUT2D eigenvalue weighted by Gasteiger charge is -2.41. The van der Waals surface area contributed by atoms with Crippen LogP contribution in [0.4, 0.5) is 4.79 Å². The first-order chi connectivity index (χ1) is 13.0. The molecule has 1 aliphatic heterocycles. The van der Waals surface area contributed by atoms with Crippen molar-refractivity contribution in [2.24, 2.45) is 0 Å². The summed E-state index contributed by atoms with van der Waals surface area (Å²) < 4.78 is 16.1. The Morgan fingerprint density at radius 3 is 2.96 bits per heavy atom. The second kappa shape index (κ2) is 9.01. The minimum absolute atomic E-state index is 0.00236. The van der Waals surface area contributed by atoms with E-state index in [1.54, 1.807) is 0 Å². The third-order valence-electron chi connectivity index (χ3n) is 5.51. The lowest BCUT2D eigenvalue weighted by molar-refractivity contribution is -0.243. The number of aliphatic hydroxyl groups is 1. The monoisotopic (exact) mass is 378 g/mol. The lowest BCUT2D eigenvalue weighted by Crippen LogP contribution is -2.55. The van der Waals surface area contributed by atoms with Crippen molar-refractivity contribution in [3.63, 3.8) is 0 Å². The van der Waals surface area contributed by atoms with Gasteiger partial charge in [-0.1, -0.05) is 24.3 Å². The van der Waals surface area contributed by atoms with Gasteiger partial charge in [0.05, 0.1) is 12.1 Å². The summed E-state index contributed by atoms with van der Waals surface area (Å²) in [5.74, 6) is 0. The number of methoxy groups -OCH3 is 1. The minimum Gasteiger partial charge on any atom is -0.448 e. The van der Waals surface area contributed by atoms with E-state index < -0.39 is 18.5 Å². The van der Waals surface area contributed by atoms with Crippen LogP contribution in [0.5, 0.6) is 0 Å². The largest absolute Gasteiger partial charge is 0.448 e. The average molecular weight is 378 g/mol. The Bertz CT molecular complexity index is 641. The first kappa shape index (κ1) is 20.1. The number of alkyl carbamates (subject to hydrolysis) is 1. The summed E-state index contributed by atoms with van der Waals surface area (Å²) >= 11 is 0. The molecule has 7 heteroatoms. The Morgan fingerprint density at radius 1 is 1.41 bits per heavy atom. The van der Waals surface area contributed by atoms with Crippen LogP contribution in [0, 0.1) is 0 Å². The summed E-state index contributed by atoms with van der Waals surface area (Å²) in [6, 6.07) is 8.09. The van der Waals surface area contributed by atoms with Crippen LogP contribution < -0.4 is 5.32 Å². The van der Waals surface area contributed by atoms with Crippen molar-refractivity contribution in [3.8, 4) is 0 Å². The quantitative estimate of drug-likeness (QED) is 0.786. The molecule has 27 heavy (non-hydrogen) atoms. The van der Waals surface area contributed by atoms with Gasteiger partial charge < -0.3 is 24.6 Å². The van der Waals surface area contributed by atoms with Crippen LogP contribution >= 0.6 is 0 Å². The molecule has 1 aliphatic carbocycles. The van der Waals surface area contributed by atoms with Crippen LogP contribution in [0.25, 0.3) is 0 Å². The molecule has 0 unspecified atom stereocenters. The standard InChI is InChI=1S/C20H30N2O5/c1-13-12-17(18(23)19(25-3)27-13)22(2)10-11-26-20(24)21-16-9-8-14-6-4-5-7-15(14)16/h4-7,13,16-19,23H,8-12H2,1-3H3,(H,21,24)/t13-,16-,17+,18-,19-/m1/s1. The highest BCUT2D eigenvalue weighted by molar-refractivity contribution is 5.68. The molecule has 7 nitrogen and oxygen atoms in total. The van der Waals surface area contributed by atoms with Gasteiger partial charge in [0.25, 0.3) is 0 Å². The lowest BCUT2D eigenvalue weighted by atomic mass is 9.99. The van der Waals surface area contributed by atoms with Gasteiger partial charge in [-0.3, -0.25) is 4.90 Å². The van der Waals surface area contributed by atoms with Crippen LogP contribution in [0.1, 0.15) is 36.9 Å². The highest BCUT2D eigenvalue weighted by Crippen LogP contribution is 2.30. The Labute approximate surface area is 160 Å². The Balaban J connectivity index is 1.43. The molecule has 1 aromatic carbocycles. The Kier molecular flexibility index (Phi) is 6.70. The number of rotatable bonds is 6. The highest BCUT2D eigenvalue weighted by atomic mass is 16.7. The summed E-state index contributed by atoms with van der Waals surface area (Å²) in [5, 5.41) is 13.3. The zero-order chi connectivity index (χ0) is 19.4. The van der Waals surface area contributed by atoms with Gasteiger partial charge in [0.1, 0.15) is 12.7 Å². The summed E-state index contributed by atoms with van der Waals surface area (Å²) in [6.07, 6.45) is 0.803. The van der Waals surface area contributed by atoms with E-state index in [9.17, 15) is 9.90 Å². The van der Waals surface area contributed by atoms with Crippen LogP contribution in [-0.4, -0.2) is 67.9 Å². The molecular formula is C20H30N2O5. The van der Waals surface area contributed by atoms with Gasteiger partial charge in [-0.15, -0.1) is 0 Å². The number of ether oxygens (including phenoxy) is 3. The van der Waals surface area contributed by atoms with E-state index in [0.29, 0.717) is 13.0 Å². The van der Waals surface area contributed by atoms with E-state index in [4.69, 9.17) is 14.2 Å². The zero-order valence-corrected chi connectivity index (χ0v) is 16.3. The second-order valence-electron chi connectivity index (χ2n) is 7.40. The van der Waals surface area contributed by atoms with Crippen molar-refractivity contribution in [1.82, 2.24) is 10.2 Å². The van der Waals surface area contributed by atoms with Crippen LogP contribution in [-0.2, 0) is 20.6 Å². The van der Waals surface area contributed by atoms with E-state index in [1.807, 2.05) is 31.0 Å². The first-order valence-electron chi connectivity index (χ1n) is 9.57. The summed E-state index contributed by atoms with van der Waals surface area (Å²) in [6.45, 7) is 2.74. The number of nitrogens with one attached hydrogen (secondary N) is 1. The first-order valence-corrected chi connectivity index (χ1v) is 9.57. The third-order valence-corrected chi connectivity index (χ3v) is 5.51. The van der Waals surface area contributed by atoms with Crippen molar-refractivity contribution in [1.29, 1.82) is 0 Å². The minimum atomic E-state index is -0.736. The van der Waals surface area contributed by atoms with Crippen LogP contribution in [0.15, 0.2) is 24.3 Å². The fourth-order valence-electron chi connectivity index (χ4n) is 4.00. The molecule has 1 amide bonds. The molecule has 2 aliphatic rings. The van der Waals surface area contributed by atoms with Crippen molar-refractivity contribution in [2.45, 2.75) is 56.8 Å². The number of hydrogen-bond donors (Lipinski definition) is 2. The van der Waals surface area contributed by atoms with E-state index >= 15 is 0 Å². The van der Waals surface area contributed by atoms with E-state index in [-0.39, 0.29) is 24.8 Å². The molecule has 0 aromatic heterocycles. The van der Waals surface area contributed by atoms with E-state index in [0.717, 1.165) is 12.8 Å². The number of aryl methyl sites for hydroxylation is 1. The topological polar surface area (TPSA) is 80.3 Å².